The molecule has 0 atom stereocenters. The predicted molar refractivity (Wildman–Crippen MR) is 132 cm³/mol. The number of amides is 1. The fraction of sp³-hybridized carbons (Fsp3) is 0.481. The van der Waals surface area contributed by atoms with E-state index in [1.165, 1.54) is 14.2 Å². The molecule has 36 heavy (non-hydrogen) atoms. The van der Waals surface area contributed by atoms with Crippen molar-refractivity contribution < 1.29 is 32.6 Å². The Labute approximate surface area is 214 Å². The lowest BCUT2D eigenvalue weighted by Crippen LogP contribution is -2.56. The van der Waals surface area contributed by atoms with Crippen LogP contribution in [0.15, 0.2) is 36.4 Å². The van der Waals surface area contributed by atoms with Gasteiger partial charge in [0.25, 0.3) is 11.8 Å². The van der Waals surface area contributed by atoms with Crippen LogP contribution in [0.25, 0.3) is 11.1 Å². The standard InChI is InChI=1S/C27H30ClF2NO5/c1-16-8-10-26(11-9-16,25(33)35-3)31-24(32)18-5-6-22(36-19-14-27(29,30)15-19)20(12-18)17-4-7-23(34-2)21(28)13-17/h4-7,12-13,16,19H,8-11,14-15H2,1-3H3,(H,31,32). The Kier molecular flexibility index (Phi) is 7.46. The molecular weight excluding hydrogens is 492 g/mol. The van der Waals surface area contributed by atoms with Crippen LogP contribution in [0.4, 0.5) is 8.78 Å². The normalized spacial score (nSPS) is 23.3. The molecule has 2 aromatic carbocycles. The number of alkyl halides is 2. The number of benzene rings is 2. The quantitative estimate of drug-likeness (QED) is 0.449. The lowest BCUT2D eigenvalue weighted by molar-refractivity contribution is -0.150. The molecule has 0 aromatic heterocycles. The van der Waals surface area contributed by atoms with Crippen LogP contribution in [0.5, 0.6) is 11.5 Å². The van der Waals surface area contributed by atoms with Crippen LogP contribution in [0.3, 0.4) is 0 Å². The molecule has 0 spiro atoms. The fourth-order valence-corrected chi connectivity index (χ4v) is 5.08. The Morgan fingerprint density at radius 2 is 1.69 bits per heavy atom. The third-order valence-electron chi connectivity index (χ3n) is 7.11. The number of nitrogens with one attached hydrogen (secondary N) is 1. The van der Waals surface area contributed by atoms with Gasteiger partial charge in [-0.05, 0) is 67.5 Å². The summed E-state index contributed by atoms with van der Waals surface area (Å²) in [6.45, 7) is 2.12. The minimum absolute atomic E-state index is 0.296. The highest BCUT2D eigenvalue weighted by Gasteiger charge is 2.47. The van der Waals surface area contributed by atoms with Crippen molar-refractivity contribution in [2.75, 3.05) is 14.2 Å². The summed E-state index contributed by atoms with van der Waals surface area (Å²) in [5.74, 6) is -2.33. The number of rotatable bonds is 7. The van der Waals surface area contributed by atoms with E-state index < -0.39 is 29.4 Å². The van der Waals surface area contributed by atoms with E-state index in [2.05, 4.69) is 12.2 Å². The average Bonchev–Trinajstić information content (AvgIpc) is 2.84. The molecule has 0 aliphatic heterocycles. The van der Waals surface area contributed by atoms with E-state index in [1.807, 2.05) is 0 Å². The number of carbonyl (C=O) groups is 2. The van der Waals surface area contributed by atoms with Crippen LogP contribution in [0, 0.1) is 5.92 Å². The molecule has 194 valence electrons. The Morgan fingerprint density at radius 3 is 2.28 bits per heavy atom. The summed E-state index contributed by atoms with van der Waals surface area (Å²) in [6, 6.07) is 9.87. The maximum absolute atomic E-state index is 13.4. The highest BCUT2D eigenvalue weighted by atomic mass is 35.5. The SMILES string of the molecule is COC(=O)C1(NC(=O)c2ccc(OC3CC(F)(F)C3)c(-c3ccc(OC)c(Cl)c3)c2)CCC(C)CC1. The number of carbonyl (C=O) groups excluding carboxylic acids is 2. The van der Waals surface area contributed by atoms with Gasteiger partial charge in [-0.15, -0.1) is 0 Å². The van der Waals surface area contributed by atoms with Crippen molar-refractivity contribution in [1.29, 1.82) is 0 Å². The first-order valence-corrected chi connectivity index (χ1v) is 12.4. The molecule has 9 heteroatoms. The smallest absolute Gasteiger partial charge is 0.331 e. The number of halogens is 3. The lowest BCUT2D eigenvalue weighted by atomic mass is 9.77. The van der Waals surface area contributed by atoms with Crippen LogP contribution in [0.2, 0.25) is 5.02 Å². The molecule has 2 aliphatic rings. The van der Waals surface area contributed by atoms with Gasteiger partial charge >= 0.3 is 5.97 Å². The summed E-state index contributed by atoms with van der Waals surface area (Å²) in [5, 5.41) is 3.28. The zero-order valence-corrected chi connectivity index (χ0v) is 21.3. The van der Waals surface area contributed by atoms with E-state index in [0.717, 1.165) is 12.8 Å². The zero-order chi connectivity index (χ0) is 26.1. The van der Waals surface area contributed by atoms with Gasteiger partial charge in [-0.1, -0.05) is 24.6 Å². The number of hydrogen-bond acceptors (Lipinski definition) is 5. The molecule has 0 radical (unpaired) electrons. The molecule has 0 heterocycles. The largest absolute Gasteiger partial charge is 0.495 e. The van der Waals surface area contributed by atoms with E-state index in [4.69, 9.17) is 25.8 Å². The summed E-state index contributed by atoms with van der Waals surface area (Å²) < 4.78 is 42.9. The topological polar surface area (TPSA) is 73.9 Å². The highest BCUT2D eigenvalue weighted by Crippen LogP contribution is 2.43. The van der Waals surface area contributed by atoms with Gasteiger partial charge in [0, 0.05) is 24.0 Å². The van der Waals surface area contributed by atoms with Crippen molar-refractivity contribution in [3.8, 4) is 22.6 Å². The fourth-order valence-electron chi connectivity index (χ4n) is 4.82. The van der Waals surface area contributed by atoms with Gasteiger partial charge in [0.2, 0.25) is 0 Å². The molecule has 2 aliphatic carbocycles. The van der Waals surface area contributed by atoms with Crippen LogP contribution >= 0.6 is 11.6 Å². The van der Waals surface area contributed by atoms with Crippen molar-refractivity contribution in [3.05, 3.63) is 47.0 Å². The minimum atomic E-state index is -2.73. The number of ether oxygens (including phenoxy) is 3. The Balaban J connectivity index is 1.66. The third kappa shape index (κ3) is 5.43. The average molecular weight is 522 g/mol. The number of esters is 1. The number of hydrogen-bond donors (Lipinski definition) is 1. The van der Waals surface area contributed by atoms with Crippen molar-refractivity contribution in [3.63, 3.8) is 0 Å². The monoisotopic (exact) mass is 521 g/mol. The van der Waals surface area contributed by atoms with Crippen molar-refractivity contribution >= 4 is 23.5 Å². The van der Waals surface area contributed by atoms with Crippen LogP contribution < -0.4 is 14.8 Å². The highest BCUT2D eigenvalue weighted by molar-refractivity contribution is 6.32. The molecule has 1 N–H and O–H groups in total. The second-order valence-corrected chi connectivity index (χ2v) is 10.2. The van der Waals surface area contributed by atoms with Crippen LogP contribution in [-0.4, -0.2) is 43.7 Å². The van der Waals surface area contributed by atoms with Crippen LogP contribution in [-0.2, 0) is 9.53 Å². The van der Waals surface area contributed by atoms with Gasteiger partial charge in [0.15, 0.2) is 0 Å². The second-order valence-electron chi connectivity index (χ2n) is 9.77. The molecule has 4 rings (SSSR count). The molecule has 2 saturated carbocycles. The summed E-state index contributed by atoms with van der Waals surface area (Å²) >= 11 is 6.33. The Morgan fingerprint density at radius 1 is 1.03 bits per heavy atom. The maximum Gasteiger partial charge on any atom is 0.331 e. The lowest BCUT2D eigenvalue weighted by Gasteiger charge is -2.37. The van der Waals surface area contributed by atoms with E-state index >= 15 is 0 Å². The van der Waals surface area contributed by atoms with Crippen molar-refractivity contribution in [1.82, 2.24) is 5.32 Å². The molecule has 2 aromatic rings. The van der Waals surface area contributed by atoms with E-state index in [-0.39, 0.29) is 12.8 Å². The van der Waals surface area contributed by atoms with Gasteiger partial charge < -0.3 is 19.5 Å². The van der Waals surface area contributed by atoms with E-state index in [9.17, 15) is 18.4 Å². The van der Waals surface area contributed by atoms with Gasteiger partial charge in [-0.25, -0.2) is 13.6 Å². The van der Waals surface area contributed by atoms with E-state index in [1.54, 1.807) is 36.4 Å². The number of methoxy groups -OCH3 is 2. The minimum Gasteiger partial charge on any atom is -0.495 e. The summed E-state index contributed by atoms with van der Waals surface area (Å²) in [4.78, 5) is 26.0. The zero-order valence-electron chi connectivity index (χ0n) is 20.5. The Bertz CT molecular complexity index is 1140. The van der Waals surface area contributed by atoms with Gasteiger partial charge in [-0.2, -0.15) is 0 Å². The predicted octanol–water partition coefficient (Wildman–Crippen LogP) is 6.04. The van der Waals surface area contributed by atoms with E-state index in [0.29, 0.717) is 52.0 Å². The van der Waals surface area contributed by atoms with Crippen molar-refractivity contribution in [2.45, 2.75) is 63.0 Å². The molecule has 6 nitrogen and oxygen atoms in total. The second kappa shape index (κ2) is 10.2. The summed E-state index contributed by atoms with van der Waals surface area (Å²) in [5.41, 5.74) is 0.358. The van der Waals surface area contributed by atoms with Crippen molar-refractivity contribution in [2.24, 2.45) is 5.92 Å². The third-order valence-corrected chi connectivity index (χ3v) is 7.40. The molecule has 0 unspecified atom stereocenters. The first-order chi connectivity index (χ1) is 17.1. The van der Waals surface area contributed by atoms with Gasteiger partial charge in [-0.3, -0.25) is 4.79 Å². The molecule has 0 bridgehead atoms. The molecular formula is C27H30ClF2NO5. The Hall–Kier alpha value is -2.87. The molecule has 0 saturated heterocycles. The van der Waals surface area contributed by atoms with Gasteiger partial charge in [0.1, 0.15) is 23.1 Å². The van der Waals surface area contributed by atoms with Crippen LogP contribution in [0.1, 0.15) is 55.8 Å². The summed E-state index contributed by atoms with van der Waals surface area (Å²) in [6.07, 6.45) is 1.22. The molecule has 2 fully saturated rings. The first kappa shape index (κ1) is 26.2. The van der Waals surface area contributed by atoms with Gasteiger partial charge in [0.05, 0.1) is 19.2 Å². The molecule has 1 amide bonds. The maximum atomic E-state index is 13.4. The first-order valence-electron chi connectivity index (χ1n) is 12.0. The summed E-state index contributed by atoms with van der Waals surface area (Å²) in [7, 11) is 2.82.